The first kappa shape index (κ1) is 13.7. The highest BCUT2D eigenvalue weighted by molar-refractivity contribution is 6.32. The summed E-state index contributed by atoms with van der Waals surface area (Å²) in [4.78, 5) is 0. The average molecular weight is 291 g/mol. The maximum Gasteiger partial charge on any atom is 0.101 e. The molecule has 0 fully saturated rings. The Morgan fingerprint density at radius 1 is 1.11 bits per heavy atom. The van der Waals surface area contributed by atoms with Crippen molar-refractivity contribution in [1.29, 1.82) is 5.26 Å². The zero-order valence-corrected chi connectivity index (χ0v) is 11.8. The lowest BCUT2D eigenvalue weighted by Crippen LogP contribution is -2.07. The molecule has 0 aromatic heterocycles. The first-order chi connectivity index (χ1) is 9.11. The van der Waals surface area contributed by atoms with Crippen molar-refractivity contribution in [1.82, 2.24) is 0 Å². The van der Waals surface area contributed by atoms with Crippen LogP contribution < -0.4 is 5.32 Å². The third kappa shape index (κ3) is 3.20. The van der Waals surface area contributed by atoms with Crippen LogP contribution in [0, 0.1) is 11.3 Å². The molecule has 2 nitrogen and oxygen atoms in total. The lowest BCUT2D eigenvalue weighted by atomic mass is 10.1. The van der Waals surface area contributed by atoms with Gasteiger partial charge >= 0.3 is 0 Å². The van der Waals surface area contributed by atoms with Crippen LogP contribution >= 0.6 is 23.2 Å². The largest absolute Gasteiger partial charge is 0.378 e. The van der Waals surface area contributed by atoms with Crippen LogP contribution in [-0.2, 0) is 0 Å². The van der Waals surface area contributed by atoms with Crippen molar-refractivity contribution in [3.8, 4) is 6.07 Å². The van der Waals surface area contributed by atoms with Crippen LogP contribution in [0.15, 0.2) is 42.5 Å². The van der Waals surface area contributed by atoms with E-state index in [9.17, 15) is 0 Å². The Kier molecular flexibility index (Phi) is 4.31. The molecule has 0 radical (unpaired) electrons. The summed E-state index contributed by atoms with van der Waals surface area (Å²) in [5.74, 6) is 0. The predicted octanol–water partition coefficient (Wildman–Crippen LogP) is 5.04. The van der Waals surface area contributed by atoms with Gasteiger partial charge in [-0.1, -0.05) is 41.4 Å². The van der Waals surface area contributed by atoms with Gasteiger partial charge in [0.1, 0.15) is 6.07 Å². The van der Waals surface area contributed by atoms with E-state index in [4.69, 9.17) is 28.5 Å². The van der Waals surface area contributed by atoms with Crippen LogP contribution in [0.1, 0.15) is 24.1 Å². The number of nitrogens with one attached hydrogen (secondary N) is 1. The molecule has 96 valence electrons. The Hall–Kier alpha value is -1.69. The summed E-state index contributed by atoms with van der Waals surface area (Å²) >= 11 is 12.1. The molecule has 0 bridgehead atoms. The smallest absolute Gasteiger partial charge is 0.101 e. The molecular weight excluding hydrogens is 279 g/mol. The predicted molar refractivity (Wildman–Crippen MR) is 79.7 cm³/mol. The highest BCUT2D eigenvalue weighted by Gasteiger charge is 2.09. The Morgan fingerprint density at radius 3 is 2.53 bits per heavy atom. The average Bonchev–Trinajstić information content (AvgIpc) is 2.41. The molecule has 0 spiro atoms. The summed E-state index contributed by atoms with van der Waals surface area (Å²) in [5, 5.41) is 13.4. The number of halogens is 2. The van der Waals surface area contributed by atoms with E-state index < -0.39 is 0 Å². The second kappa shape index (κ2) is 5.97. The number of rotatable bonds is 3. The van der Waals surface area contributed by atoms with Crippen LogP contribution in [0.25, 0.3) is 0 Å². The molecule has 0 aliphatic carbocycles. The Balaban J connectivity index is 2.22. The molecule has 0 heterocycles. The van der Waals surface area contributed by atoms with E-state index in [1.54, 1.807) is 12.1 Å². The lowest BCUT2D eigenvalue weighted by molar-refractivity contribution is 0.885. The lowest BCUT2D eigenvalue weighted by Gasteiger charge is -2.17. The molecule has 0 saturated heterocycles. The van der Waals surface area contributed by atoms with Gasteiger partial charge in [-0.15, -0.1) is 0 Å². The number of hydrogen-bond acceptors (Lipinski definition) is 2. The SMILES string of the molecule is CC(Nc1ccc(Cl)c(C#N)c1)c1ccccc1Cl. The summed E-state index contributed by atoms with van der Waals surface area (Å²) in [6.45, 7) is 2.02. The van der Waals surface area contributed by atoms with Gasteiger partial charge in [-0.2, -0.15) is 5.26 Å². The number of anilines is 1. The minimum Gasteiger partial charge on any atom is -0.378 e. The van der Waals surface area contributed by atoms with Crippen molar-refractivity contribution < 1.29 is 0 Å². The molecule has 19 heavy (non-hydrogen) atoms. The molecular formula is C15H12Cl2N2. The molecule has 0 amide bonds. The van der Waals surface area contributed by atoms with Crippen LogP contribution in [0.2, 0.25) is 10.0 Å². The molecule has 2 aromatic carbocycles. The maximum atomic E-state index is 8.95. The summed E-state index contributed by atoms with van der Waals surface area (Å²) in [6.07, 6.45) is 0. The zero-order valence-electron chi connectivity index (χ0n) is 10.3. The van der Waals surface area contributed by atoms with Gasteiger partial charge in [0.05, 0.1) is 10.6 Å². The number of benzene rings is 2. The van der Waals surface area contributed by atoms with Gasteiger partial charge in [0.2, 0.25) is 0 Å². The second-order valence-corrected chi connectivity index (χ2v) is 5.01. The summed E-state index contributed by atoms with van der Waals surface area (Å²) in [7, 11) is 0. The molecule has 0 aliphatic rings. The van der Waals surface area contributed by atoms with E-state index in [1.165, 1.54) is 0 Å². The second-order valence-electron chi connectivity index (χ2n) is 4.19. The van der Waals surface area contributed by atoms with Crippen LogP contribution in [0.3, 0.4) is 0 Å². The van der Waals surface area contributed by atoms with Gasteiger partial charge in [-0.25, -0.2) is 0 Å². The molecule has 1 atom stereocenters. The van der Waals surface area contributed by atoms with Crippen molar-refractivity contribution in [3.63, 3.8) is 0 Å². The maximum absolute atomic E-state index is 8.95. The molecule has 1 N–H and O–H groups in total. The summed E-state index contributed by atoms with van der Waals surface area (Å²) in [6, 6.07) is 15.1. The van der Waals surface area contributed by atoms with Gasteiger partial charge < -0.3 is 5.32 Å². The van der Waals surface area contributed by atoms with Gasteiger partial charge in [0.25, 0.3) is 0 Å². The number of nitrogens with zero attached hydrogens (tertiary/aromatic N) is 1. The first-order valence-electron chi connectivity index (χ1n) is 5.82. The summed E-state index contributed by atoms with van der Waals surface area (Å²) < 4.78 is 0. The highest BCUT2D eigenvalue weighted by atomic mass is 35.5. The van der Waals surface area contributed by atoms with Crippen molar-refractivity contribution in [3.05, 3.63) is 63.6 Å². The first-order valence-corrected chi connectivity index (χ1v) is 6.58. The highest BCUT2D eigenvalue weighted by Crippen LogP contribution is 2.27. The van der Waals surface area contributed by atoms with Crippen LogP contribution in [0.5, 0.6) is 0 Å². The van der Waals surface area contributed by atoms with Crippen LogP contribution in [-0.4, -0.2) is 0 Å². The molecule has 2 rings (SSSR count). The molecule has 0 aliphatic heterocycles. The van der Waals surface area contributed by atoms with Crippen molar-refractivity contribution in [2.24, 2.45) is 0 Å². The van der Waals surface area contributed by atoms with Crippen LogP contribution in [0.4, 0.5) is 5.69 Å². The third-order valence-electron chi connectivity index (χ3n) is 2.84. The molecule has 4 heteroatoms. The fourth-order valence-corrected chi connectivity index (χ4v) is 2.31. The van der Waals surface area contributed by atoms with E-state index >= 15 is 0 Å². The molecule has 1 unspecified atom stereocenters. The van der Waals surface area contributed by atoms with E-state index in [0.29, 0.717) is 10.6 Å². The van der Waals surface area contributed by atoms with Gasteiger partial charge in [0.15, 0.2) is 0 Å². The minimum atomic E-state index is 0.0430. The Bertz CT molecular complexity index is 632. The van der Waals surface area contributed by atoms with E-state index in [2.05, 4.69) is 11.4 Å². The van der Waals surface area contributed by atoms with Gasteiger partial charge in [-0.05, 0) is 36.8 Å². The van der Waals surface area contributed by atoms with Crippen molar-refractivity contribution in [2.75, 3.05) is 5.32 Å². The fourth-order valence-electron chi connectivity index (χ4n) is 1.85. The standard InChI is InChI=1S/C15H12Cl2N2/c1-10(13-4-2-3-5-15(13)17)19-12-6-7-14(16)11(8-12)9-18/h2-8,10,19H,1H3. The minimum absolute atomic E-state index is 0.0430. The van der Waals surface area contributed by atoms with Crippen molar-refractivity contribution >= 4 is 28.9 Å². The zero-order chi connectivity index (χ0) is 13.8. The topological polar surface area (TPSA) is 35.8 Å². The van der Waals surface area contributed by atoms with E-state index in [1.807, 2.05) is 37.3 Å². The Morgan fingerprint density at radius 2 is 1.84 bits per heavy atom. The quantitative estimate of drug-likeness (QED) is 0.860. The van der Waals surface area contributed by atoms with E-state index in [0.717, 1.165) is 16.3 Å². The Labute approximate surface area is 122 Å². The van der Waals surface area contributed by atoms with Crippen molar-refractivity contribution in [2.45, 2.75) is 13.0 Å². The normalized spacial score (nSPS) is 11.7. The monoisotopic (exact) mass is 290 g/mol. The van der Waals surface area contributed by atoms with E-state index in [-0.39, 0.29) is 6.04 Å². The molecule has 0 saturated carbocycles. The third-order valence-corrected chi connectivity index (χ3v) is 3.52. The van der Waals surface area contributed by atoms with Gasteiger partial charge in [0, 0.05) is 16.8 Å². The fraction of sp³-hybridized carbons (Fsp3) is 0.133. The number of nitriles is 1. The van der Waals surface area contributed by atoms with Gasteiger partial charge in [-0.3, -0.25) is 0 Å². The molecule has 2 aromatic rings. The summed E-state index contributed by atoms with van der Waals surface area (Å²) in [5.41, 5.74) is 2.31. The number of hydrogen-bond donors (Lipinski definition) is 1.